The minimum atomic E-state index is -0.632. The number of nitrogen functional groups attached to an aromatic ring is 1. The molecule has 110 valence electrons. The van der Waals surface area contributed by atoms with Crippen molar-refractivity contribution in [2.75, 3.05) is 18.9 Å². The van der Waals surface area contributed by atoms with Crippen LogP contribution >= 0.6 is 0 Å². The molecule has 0 amide bonds. The summed E-state index contributed by atoms with van der Waals surface area (Å²) in [5, 5.41) is 0. The predicted molar refractivity (Wildman–Crippen MR) is 72.5 cm³/mol. The summed E-state index contributed by atoms with van der Waals surface area (Å²) in [6, 6.07) is 6.35. The maximum atomic E-state index is 13.5. The molecule has 1 heterocycles. The first kappa shape index (κ1) is 13.5. The summed E-state index contributed by atoms with van der Waals surface area (Å²) < 4.78 is 42.7. The molecule has 0 saturated heterocycles. The number of hydrogen-bond acceptors (Lipinski definition) is 4. The third-order valence-corrected chi connectivity index (χ3v) is 3.08. The highest BCUT2D eigenvalue weighted by Crippen LogP contribution is 2.35. The van der Waals surface area contributed by atoms with Crippen LogP contribution in [0.2, 0.25) is 0 Å². The first-order chi connectivity index (χ1) is 10.1. The van der Waals surface area contributed by atoms with E-state index in [4.69, 9.17) is 19.9 Å². The van der Waals surface area contributed by atoms with Crippen LogP contribution in [0.5, 0.6) is 17.2 Å². The Morgan fingerprint density at radius 1 is 1.05 bits per heavy atom. The number of nitrogens with two attached hydrogens (primary N) is 1. The van der Waals surface area contributed by atoms with Gasteiger partial charge in [0, 0.05) is 23.4 Å². The normalized spacial score (nSPS) is 13.0. The van der Waals surface area contributed by atoms with Gasteiger partial charge in [-0.2, -0.15) is 0 Å². The van der Waals surface area contributed by atoms with Gasteiger partial charge in [0.1, 0.15) is 25.6 Å². The van der Waals surface area contributed by atoms with Crippen molar-refractivity contribution in [3.05, 3.63) is 47.5 Å². The Labute approximate surface area is 120 Å². The summed E-state index contributed by atoms with van der Waals surface area (Å²) in [7, 11) is 0. The van der Waals surface area contributed by atoms with E-state index < -0.39 is 11.6 Å². The Balaban J connectivity index is 1.80. The third kappa shape index (κ3) is 2.84. The monoisotopic (exact) mass is 293 g/mol. The van der Waals surface area contributed by atoms with Gasteiger partial charge in [-0.25, -0.2) is 8.78 Å². The Kier molecular flexibility index (Phi) is 3.51. The number of anilines is 1. The molecule has 0 saturated carbocycles. The van der Waals surface area contributed by atoms with Crippen LogP contribution in [0.25, 0.3) is 0 Å². The Hall–Kier alpha value is -2.50. The van der Waals surface area contributed by atoms with Gasteiger partial charge in [-0.05, 0) is 18.2 Å². The number of fused-ring (bicyclic) bond motifs is 1. The van der Waals surface area contributed by atoms with Crippen molar-refractivity contribution in [2.45, 2.75) is 6.61 Å². The number of ether oxygens (including phenoxy) is 3. The number of hydrogen-bond donors (Lipinski definition) is 1. The molecule has 0 aromatic heterocycles. The number of rotatable bonds is 3. The molecule has 6 heteroatoms. The number of benzene rings is 2. The highest BCUT2D eigenvalue weighted by Gasteiger charge is 2.15. The van der Waals surface area contributed by atoms with Crippen molar-refractivity contribution >= 4 is 5.69 Å². The lowest BCUT2D eigenvalue weighted by molar-refractivity contribution is 0.171. The summed E-state index contributed by atoms with van der Waals surface area (Å²) in [4.78, 5) is 0. The molecule has 0 fully saturated rings. The van der Waals surface area contributed by atoms with E-state index >= 15 is 0 Å². The summed E-state index contributed by atoms with van der Waals surface area (Å²) >= 11 is 0. The lowest BCUT2D eigenvalue weighted by Gasteiger charge is -2.20. The zero-order valence-electron chi connectivity index (χ0n) is 11.1. The fourth-order valence-corrected chi connectivity index (χ4v) is 2.01. The van der Waals surface area contributed by atoms with Crippen LogP contribution in [0.15, 0.2) is 30.3 Å². The van der Waals surface area contributed by atoms with Gasteiger partial charge in [-0.1, -0.05) is 0 Å². The quantitative estimate of drug-likeness (QED) is 0.884. The lowest BCUT2D eigenvalue weighted by Crippen LogP contribution is -2.16. The van der Waals surface area contributed by atoms with Crippen LogP contribution < -0.4 is 19.9 Å². The largest absolute Gasteiger partial charge is 0.486 e. The van der Waals surface area contributed by atoms with E-state index in [1.165, 1.54) is 0 Å². The lowest BCUT2D eigenvalue weighted by atomic mass is 10.1. The minimum absolute atomic E-state index is 0.00282. The van der Waals surface area contributed by atoms with E-state index in [9.17, 15) is 8.78 Å². The van der Waals surface area contributed by atoms with Gasteiger partial charge in [-0.3, -0.25) is 0 Å². The first-order valence-corrected chi connectivity index (χ1v) is 6.39. The van der Waals surface area contributed by atoms with Gasteiger partial charge in [0.25, 0.3) is 0 Å². The second-order valence-electron chi connectivity index (χ2n) is 4.56. The smallest absolute Gasteiger partial charge is 0.165 e. The maximum absolute atomic E-state index is 13.5. The zero-order chi connectivity index (χ0) is 14.8. The molecule has 3 rings (SSSR count). The van der Waals surface area contributed by atoms with Gasteiger partial charge in [0.15, 0.2) is 23.1 Å². The SMILES string of the molecule is Nc1cc2c(cc1COc1cc(F)ccc1F)OCCO2. The highest BCUT2D eigenvalue weighted by atomic mass is 19.1. The molecule has 0 unspecified atom stereocenters. The van der Waals surface area contributed by atoms with Gasteiger partial charge in [-0.15, -0.1) is 0 Å². The van der Waals surface area contributed by atoms with Crippen LogP contribution in [-0.4, -0.2) is 13.2 Å². The van der Waals surface area contributed by atoms with Crippen molar-refractivity contribution in [1.29, 1.82) is 0 Å². The van der Waals surface area contributed by atoms with Gasteiger partial charge >= 0.3 is 0 Å². The van der Waals surface area contributed by atoms with Crippen LogP contribution in [0, 0.1) is 11.6 Å². The molecule has 2 aromatic rings. The third-order valence-electron chi connectivity index (χ3n) is 3.08. The van der Waals surface area contributed by atoms with Crippen LogP contribution in [0.1, 0.15) is 5.56 Å². The fraction of sp³-hybridized carbons (Fsp3) is 0.200. The second-order valence-corrected chi connectivity index (χ2v) is 4.56. The van der Waals surface area contributed by atoms with Gasteiger partial charge in [0.2, 0.25) is 0 Å². The summed E-state index contributed by atoms with van der Waals surface area (Å²) in [5.74, 6) is -0.230. The highest BCUT2D eigenvalue weighted by molar-refractivity contribution is 5.58. The standard InChI is InChI=1S/C15H13F2NO3/c16-10-1-2-11(17)13(6-10)21-8-9-5-14-15(7-12(9)18)20-4-3-19-14/h1-2,5-7H,3-4,8,18H2. The molecule has 2 aromatic carbocycles. The Bertz CT molecular complexity index is 676. The van der Waals surface area contributed by atoms with E-state index in [2.05, 4.69) is 0 Å². The average Bonchev–Trinajstić information content (AvgIpc) is 2.48. The predicted octanol–water partition coefficient (Wildman–Crippen LogP) is 2.90. The van der Waals surface area contributed by atoms with Crippen molar-refractivity contribution in [1.82, 2.24) is 0 Å². The van der Waals surface area contributed by atoms with Gasteiger partial charge in [0.05, 0.1) is 0 Å². The van der Waals surface area contributed by atoms with E-state index in [1.807, 2.05) is 0 Å². The zero-order valence-corrected chi connectivity index (χ0v) is 11.1. The molecule has 4 nitrogen and oxygen atoms in total. The molecule has 0 radical (unpaired) electrons. The van der Waals surface area contributed by atoms with E-state index in [0.717, 1.165) is 18.2 Å². The molecule has 2 N–H and O–H groups in total. The van der Waals surface area contributed by atoms with E-state index in [0.29, 0.717) is 36.0 Å². The van der Waals surface area contributed by atoms with Crippen molar-refractivity contribution in [3.63, 3.8) is 0 Å². The van der Waals surface area contributed by atoms with Crippen molar-refractivity contribution in [2.24, 2.45) is 0 Å². The molecular weight excluding hydrogens is 280 g/mol. The maximum Gasteiger partial charge on any atom is 0.165 e. The Morgan fingerprint density at radius 3 is 2.52 bits per heavy atom. The van der Waals surface area contributed by atoms with Crippen LogP contribution in [-0.2, 0) is 6.61 Å². The number of halogens is 2. The summed E-state index contributed by atoms with van der Waals surface area (Å²) in [6.45, 7) is 0.926. The fourth-order valence-electron chi connectivity index (χ4n) is 2.01. The van der Waals surface area contributed by atoms with Crippen molar-refractivity contribution in [3.8, 4) is 17.2 Å². The Morgan fingerprint density at radius 2 is 1.76 bits per heavy atom. The first-order valence-electron chi connectivity index (χ1n) is 6.39. The second kappa shape index (κ2) is 5.47. The van der Waals surface area contributed by atoms with Gasteiger partial charge < -0.3 is 19.9 Å². The minimum Gasteiger partial charge on any atom is -0.486 e. The molecule has 0 bridgehead atoms. The molecule has 1 aliphatic heterocycles. The molecule has 1 aliphatic rings. The molecular formula is C15H13F2NO3. The van der Waals surface area contributed by atoms with Crippen molar-refractivity contribution < 1.29 is 23.0 Å². The molecule has 0 atom stereocenters. The van der Waals surface area contributed by atoms with Crippen LogP contribution in [0.4, 0.5) is 14.5 Å². The molecule has 0 spiro atoms. The molecule has 0 aliphatic carbocycles. The summed E-state index contributed by atoms with van der Waals surface area (Å²) in [5.41, 5.74) is 6.95. The van der Waals surface area contributed by atoms with E-state index in [-0.39, 0.29) is 12.4 Å². The average molecular weight is 293 g/mol. The van der Waals surface area contributed by atoms with Crippen LogP contribution in [0.3, 0.4) is 0 Å². The molecule has 21 heavy (non-hydrogen) atoms. The van der Waals surface area contributed by atoms with E-state index in [1.54, 1.807) is 12.1 Å². The topological polar surface area (TPSA) is 53.7 Å². The summed E-state index contributed by atoms with van der Waals surface area (Å²) in [6.07, 6.45) is 0.